The second-order valence-corrected chi connectivity index (χ2v) is 16.0. The van der Waals surface area contributed by atoms with E-state index in [-0.39, 0.29) is 55.7 Å². The average molecular weight is 1120 g/mol. The Balaban J connectivity index is 0.000000356. The Morgan fingerprint density at radius 1 is 0.479 bits per heavy atom. The molecule has 3 aromatic carbocycles. The van der Waals surface area contributed by atoms with Crippen LogP contribution in [0.2, 0.25) is 0 Å². The summed E-state index contributed by atoms with van der Waals surface area (Å²) in [6.45, 7) is 7.04. The summed E-state index contributed by atoms with van der Waals surface area (Å²) >= 11 is 0. The molecular weight excluding hydrogens is 1060 g/mol. The van der Waals surface area contributed by atoms with Crippen LogP contribution in [0.3, 0.4) is 0 Å². The first-order valence-electron chi connectivity index (χ1n) is 22.3. The number of aromatic nitrogens is 3. The Kier molecular flexibility index (Phi) is 20.8. The Bertz CT molecular complexity index is 2680. The molecule has 0 atom stereocenters. The number of hydrogen-bond donors (Lipinski definition) is 4. The van der Waals surface area contributed by atoms with Crippen LogP contribution < -0.4 is 33.7 Å². The van der Waals surface area contributed by atoms with Gasteiger partial charge in [0, 0.05) is 132 Å². The first-order chi connectivity index (χ1) is 33.8. The standard InChI is InChI=1S/C36H41N5O8.C16H17NO4.Tb/c1-46-27-5-7-29(33(19-27)48-3)23-15-25(38-31(17-23)35(42)43)21-40-11-9-37-10-12-41(14-13-40)22-26-16-24(18-32(39-26)36(44)45)30-8-6-28(47-2)20-34(30)49-4;1-4-11-7-10(8-14(17-11)16(18)19)13-6-5-12(20-2)9-15(13)21-3;/h5-8,15-20,37H,9-14,21-22H2,1-4H3,(H,42,43)(H,44,45);5-9H,4H2,1-3H3,(H,18,19);. The molecule has 0 saturated carbocycles. The van der Waals surface area contributed by atoms with Gasteiger partial charge in [0.25, 0.3) is 0 Å². The Morgan fingerprint density at radius 3 is 1.10 bits per heavy atom. The van der Waals surface area contributed by atoms with Gasteiger partial charge in [0.1, 0.15) is 51.6 Å². The number of aryl methyl sites for hydroxylation is 1. The zero-order chi connectivity index (χ0) is 50.3. The Morgan fingerprint density at radius 2 is 0.803 bits per heavy atom. The molecule has 6 aromatic rings. The normalized spacial score (nSPS) is 12.9. The zero-order valence-electron chi connectivity index (χ0n) is 40.6. The predicted octanol–water partition coefficient (Wildman–Crippen LogP) is 7.18. The molecule has 0 spiro atoms. The van der Waals surface area contributed by atoms with Crippen molar-refractivity contribution in [2.24, 2.45) is 0 Å². The Hall–Kier alpha value is -6.51. The van der Waals surface area contributed by atoms with Gasteiger partial charge in [0.2, 0.25) is 0 Å². The van der Waals surface area contributed by atoms with Crippen LogP contribution in [-0.4, -0.2) is 140 Å². The van der Waals surface area contributed by atoms with Crippen LogP contribution >= 0.6 is 0 Å². The number of hydrogen-bond acceptors (Lipinski definition) is 15. The number of methoxy groups -OCH3 is 6. The van der Waals surface area contributed by atoms with E-state index in [0.717, 1.165) is 54.1 Å². The summed E-state index contributed by atoms with van der Waals surface area (Å²) in [5.41, 5.74) is 6.27. The number of aromatic carboxylic acids is 3. The second kappa shape index (κ2) is 26.6. The smallest absolute Gasteiger partial charge is 0.354 e. The summed E-state index contributed by atoms with van der Waals surface area (Å²) in [5.74, 6) is 0.407. The average Bonchev–Trinajstić information content (AvgIpc) is 3.49. The summed E-state index contributed by atoms with van der Waals surface area (Å²) in [6.07, 6.45) is 0.659. The maximum Gasteiger partial charge on any atom is 0.354 e. The fourth-order valence-corrected chi connectivity index (χ4v) is 7.89. The molecule has 71 heavy (non-hydrogen) atoms. The third-order valence-electron chi connectivity index (χ3n) is 11.5. The van der Waals surface area contributed by atoms with Gasteiger partial charge in [-0.1, -0.05) is 6.92 Å². The van der Waals surface area contributed by atoms with Crippen molar-refractivity contribution in [3.8, 4) is 67.9 Å². The van der Waals surface area contributed by atoms with E-state index in [2.05, 4.69) is 30.1 Å². The molecule has 0 unspecified atom stereocenters. The number of pyridine rings is 3. The van der Waals surface area contributed by atoms with E-state index in [0.29, 0.717) is 89.6 Å². The summed E-state index contributed by atoms with van der Waals surface area (Å²) in [6, 6.07) is 26.5. The first-order valence-corrected chi connectivity index (χ1v) is 22.3. The van der Waals surface area contributed by atoms with E-state index in [4.69, 9.17) is 28.4 Å². The molecule has 18 nitrogen and oxygen atoms in total. The summed E-state index contributed by atoms with van der Waals surface area (Å²) in [4.78, 5) is 52.9. The largest absolute Gasteiger partial charge is 0.497 e. The summed E-state index contributed by atoms with van der Waals surface area (Å²) in [5, 5.41) is 32.4. The van der Waals surface area contributed by atoms with E-state index >= 15 is 0 Å². The molecule has 0 aliphatic carbocycles. The topological polar surface area (TPSA) is 224 Å². The molecular formula is C52H58N6O12Tb. The maximum atomic E-state index is 12.1. The zero-order valence-corrected chi connectivity index (χ0v) is 42.7. The third kappa shape index (κ3) is 14.8. The van der Waals surface area contributed by atoms with Crippen LogP contribution in [0.15, 0.2) is 91.0 Å². The van der Waals surface area contributed by atoms with Crippen LogP contribution in [0.4, 0.5) is 0 Å². The van der Waals surface area contributed by atoms with Gasteiger partial charge in [-0.05, 0) is 95.9 Å². The van der Waals surface area contributed by atoms with E-state index in [1.807, 2.05) is 49.4 Å². The molecule has 1 radical (unpaired) electrons. The van der Waals surface area contributed by atoms with Crippen molar-refractivity contribution in [2.75, 3.05) is 81.9 Å². The second-order valence-electron chi connectivity index (χ2n) is 16.0. The SMILES string of the molecule is CCc1cc(-c2ccc(OC)cc2OC)cc(C(=O)O)n1.COc1ccc(-c2cc(CN3CCNCCN(Cc4cc(-c5ccc(OC)cc5OC)cc(C(=O)O)n4)CC3)nc(C(=O)O)c2)c(OC)c1.[Tb]. The van der Waals surface area contributed by atoms with Gasteiger partial charge in [-0.25, -0.2) is 29.3 Å². The monoisotopic (exact) mass is 1120 g/mol. The molecule has 1 fully saturated rings. The quantitative estimate of drug-likeness (QED) is 0.0710. The van der Waals surface area contributed by atoms with Crippen LogP contribution in [-0.2, 0) is 19.5 Å². The predicted molar refractivity (Wildman–Crippen MR) is 262 cm³/mol. The van der Waals surface area contributed by atoms with Gasteiger partial charge in [-0.2, -0.15) is 0 Å². The van der Waals surface area contributed by atoms with Crippen molar-refractivity contribution in [1.82, 2.24) is 30.1 Å². The molecule has 377 valence electrons. The number of ether oxygens (including phenoxy) is 6. The molecule has 4 heterocycles. The van der Waals surface area contributed by atoms with Gasteiger partial charge >= 0.3 is 17.9 Å². The molecule has 1 aliphatic rings. The van der Waals surface area contributed by atoms with E-state index < -0.39 is 17.9 Å². The number of carboxylic acids is 3. The fraction of sp³-hybridized carbons (Fsp3) is 0.308. The minimum Gasteiger partial charge on any atom is -0.497 e. The molecule has 1 saturated heterocycles. The summed E-state index contributed by atoms with van der Waals surface area (Å²) in [7, 11) is 9.42. The molecule has 4 N–H and O–H groups in total. The van der Waals surface area contributed by atoms with E-state index in [9.17, 15) is 29.7 Å². The number of carbonyl (C=O) groups is 3. The van der Waals surface area contributed by atoms with Crippen molar-refractivity contribution >= 4 is 17.9 Å². The minimum absolute atomic E-state index is 0. The molecule has 19 heteroatoms. The maximum absolute atomic E-state index is 12.1. The molecule has 7 rings (SSSR count). The van der Waals surface area contributed by atoms with Crippen LogP contribution in [0, 0.1) is 38.6 Å². The number of rotatable bonds is 17. The van der Waals surface area contributed by atoms with Crippen molar-refractivity contribution in [2.45, 2.75) is 26.4 Å². The molecule has 3 aromatic heterocycles. The van der Waals surface area contributed by atoms with Gasteiger partial charge in [-0.3, -0.25) is 9.80 Å². The van der Waals surface area contributed by atoms with Crippen LogP contribution in [0.25, 0.3) is 33.4 Å². The summed E-state index contributed by atoms with van der Waals surface area (Å²) < 4.78 is 32.4. The van der Waals surface area contributed by atoms with Gasteiger partial charge in [0.15, 0.2) is 0 Å². The van der Waals surface area contributed by atoms with Gasteiger partial charge in [-0.15, -0.1) is 0 Å². The van der Waals surface area contributed by atoms with Crippen LogP contribution in [0.5, 0.6) is 34.5 Å². The fourth-order valence-electron chi connectivity index (χ4n) is 7.89. The number of benzene rings is 3. The minimum atomic E-state index is -1.12. The van der Waals surface area contributed by atoms with E-state index in [1.54, 1.807) is 91.2 Å². The van der Waals surface area contributed by atoms with Crippen molar-refractivity contribution in [1.29, 1.82) is 0 Å². The van der Waals surface area contributed by atoms with Gasteiger partial charge < -0.3 is 49.1 Å². The molecule has 0 amide bonds. The van der Waals surface area contributed by atoms with Crippen molar-refractivity contribution in [3.63, 3.8) is 0 Å². The van der Waals surface area contributed by atoms with Gasteiger partial charge in [0.05, 0.1) is 54.0 Å². The van der Waals surface area contributed by atoms with E-state index in [1.165, 1.54) is 0 Å². The molecule has 0 bridgehead atoms. The van der Waals surface area contributed by atoms with Crippen molar-refractivity contribution < 1.29 is 96.7 Å². The third-order valence-corrected chi connectivity index (χ3v) is 11.5. The van der Waals surface area contributed by atoms with Crippen LogP contribution in [0.1, 0.15) is 55.5 Å². The van der Waals surface area contributed by atoms with Crippen molar-refractivity contribution in [3.05, 3.63) is 125 Å². The first kappa shape index (κ1) is 55.4. The number of nitrogens with one attached hydrogen (secondary N) is 1. The Labute approximate surface area is 443 Å². The number of nitrogens with zero attached hydrogens (tertiary/aromatic N) is 5. The molecule has 1 aliphatic heterocycles. The number of carboxylic acid groups (broad SMARTS) is 3.